The SMILES string of the molecule is COc1cc(C)c(/C=C/CCNC2CC2)cc1C. The maximum atomic E-state index is 5.32. The van der Waals surface area contributed by atoms with E-state index >= 15 is 0 Å². The molecule has 0 radical (unpaired) electrons. The smallest absolute Gasteiger partial charge is 0.122 e. The summed E-state index contributed by atoms with van der Waals surface area (Å²) in [5, 5.41) is 3.52. The first-order valence-corrected chi connectivity index (χ1v) is 6.76. The van der Waals surface area contributed by atoms with Gasteiger partial charge in [-0.3, -0.25) is 0 Å². The van der Waals surface area contributed by atoms with Gasteiger partial charge >= 0.3 is 0 Å². The first-order valence-electron chi connectivity index (χ1n) is 6.76. The van der Waals surface area contributed by atoms with Crippen molar-refractivity contribution >= 4 is 6.08 Å². The highest BCUT2D eigenvalue weighted by Crippen LogP contribution is 2.23. The number of ether oxygens (including phenoxy) is 1. The third kappa shape index (κ3) is 3.61. The average Bonchev–Trinajstić information content (AvgIpc) is 3.16. The number of hydrogen-bond acceptors (Lipinski definition) is 2. The molecular formula is C16H23NO. The number of benzene rings is 1. The van der Waals surface area contributed by atoms with E-state index in [1.807, 2.05) is 0 Å². The van der Waals surface area contributed by atoms with Gasteiger partial charge < -0.3 is 10.1 Å². The largest absolute Gasteiger partial charge is 0.496 e. The lowest BCUT2D eigenvalue weighted by Gasteiger charge is -2.08. The minimum Gasteiger partial charge on any atom is -0.496 e. The zero-order valence-corrected chi connectivity index (χ0v) is 11.6. The van der Waals surface area contributed by atoms with Crippen LogP contribution in [0.3, 0.4) is 0 Å². The van der Waals surface area contributed by atoms with E-state index in [-0.39, 0.29) is 0 Å². The Morgan fingerprint density at radius 3 is 2.72 bits per heavy atom. The predicted molar refractivity (Wildman–Crippen MR) is 77.1 cm³/mol. The Balaban J connectivity index is 1.90. The molecule has 2 heteroatoms. The van der Waals surface area contributed by atoms with Crippen LogP contribution >= 0.6 is 0 Å². The summed E-state index contributed by atoms with van der Waals surface area (Å²) in [7, 11) is 1.72. The lowest BCUT2D eigenvalue weighted by atomic mass is 10.0. The first kappa shape index (κ1) is 13.2. The summed E-state index contributed by atoms with van der Waals surface area (Å²) in [5.74, 6) is 0.972. The summed E-state index contributed by atoms with van der Waals surface area (Å²) >= 11 is 0. The van der Waals surface area contributed by atoms with Gasteiger partial charge in [-0.15, -0.1) is 0 Å². The highest BCUT2D eigenvalue weighted by atomic mass is 16.5. The molecule has 0 amide bonds. The van der Waals surface area contributed by atoms with Crippen LogP contribution in [0.2, 0.25) is 0 Å². The van der Waals surface area contributed by atoms with Crippen LogP contribution in [-0.2, 0) is 0 Å². The van der Waals surface area contributed by atoms with E-state index in [4.69, 9.17) is 4.74 Å². The number of nitrogens with one attached hydrogen (secondary N) is 1. The van der Waals surface area contributed by atoms with Crippen molar-refractivity contribution in [1.29, 1.82) is 0 Å². The van der Waals surface area contributed by atoms with Crippen LogP contribution in [-0.4, -0.2) is 19.7 Å². The van der Waals surface area contributed by atoms with Crippen molar-refractivity contribution in [2.75, 3.05) is 13.7 Å². The zero-order chi connectivity index (χ0) is 13.0. The van der Waals surface area contributed by atoms with Gasteiger partial charge in [0.1, 0.15) is 5.75 Å². The number of methoxy groups -OCH3 is 1. The van der Waals surface area contributed by atoms with E-state index in [0.717, 1.165) is 24.8 Å². The highest BCUT2D eigenvalue weighted by Gasteiger charge is 2.19. The van der Waals surface area contributed by atoms with Crippen molar-refractivity contribution in [3.63, 3.8) is 0 Å². The van der Waals surface area contributed by atoms with Gasteiger partial charge in [0.15, 0.2) is 0 Å². The Morgan fingerprint density at radius 2 is 2.06 bits per heavy atom. The third-order valence-corrected chi connectivity index (χ3v) is 3.40. The Labute approximate surface area is 110 Å². The van der Waals surface area contributed by atoms with Gasteiger partial charge in [0.25, 0.3) is 0 Å². The third-order valence-electron chi connectivity index (χ3n) is 3.40. The molecule has 1 aromatic rings. The van der Waals surface area contributed by atoms with E-state index in [9.17, 15) is 0 Å². The molecule has 1 fully saturated rings. The van der Waals surface area contributed by atoms with Crippen LogP contribution in [0.5, 0.6) is 5.75 Å². The molecule has 0 bridgehead atoms. The zero-order valence-electron chi connectivity index (χ0n) is 11.6. The molecule has 1 aromatic carbocycles. The molecule has 1 aliphatic carbocycles. The maximum absolute atomic E-state index is 5.32. The van der Waals surface area contributed by atoms with Crippen LogP contribution in [0.4, 0.5) is 0 Å². The summed E-state index contributed by atoms with van der Waals surface area (Å²) in [6.07, 6.45) is 8.29. The molecule has 1 aliphatic rings. The van der Waals surface area contributed by atoms with Crippen molar-refractivity contribution in [2.45, 2.75) is 39.2 Å². The number of rotatable bonds is 6. The van der Waals surface area contributed by atoms with Gasteiger partial charge in [0, 0.05) is 6.04 Å². The average molecular weight is 245 g/mol. The summed E-state index contributed by atoms with van der Waals surface area (Å²) in [5.41, 5.74) is 3.75. The maximum Gasteiger partial charge on any atom is 0.122 e. The molecule has 98 valence electrons. The van der Waals surface area contributed by atoms with Crippen LogP contribution in [0.1, 0.15) is 36.0 Å². The normalized spacial score (nSPS) is 15.3. The Kier molecular flexibility index (Phi) is 4.43. The Morgan fingerprint density at radius 1 is 1.28 bits per heavy atom. The second kappa shape index (κ2) is 6.05. The van der Waals surface area contributed by atoms with E-state index in [1.54, 1.807) is 7.11 Å². The summed E-state index contributed by atoms with van der Waals surface area (Å²) < 4.78 is 5.32. The van der Waals surface area contributed by atoms with Gasteiger partial charge in [0.05, 0.1) is 7.11 Å². The fraction of sp³-hybridized carbons (Fsp3) is 0.500. The predicted octanol–water partition coefficient (Wildman–Crippen LogP) is 3.47. The van der Waals surface area contributed by atoms with Gasteiger partial charge in [-0.1, -0.05) is 12.2 Å². The van der Waals surface area contributed by atoms with E-state index in [2.05, 4.69) is 43.4 Å². The summed E-state index contributed by atoms with van der Waals surface area (Å²) in [6, 6.07) is 5.11. The minimum atomic E-state index is 0.809. The van der Waals surface area contributed by atoms with Crippen LogP contribution in [0, 0.1) is 13.8 Å². The van der Waals surface area contributed by atoms with Crippen molar-refractivity contribution in [2.24, 2.45) is 0 Å². The van der Waals surface area contributed by atoms with Crippen LogP contribution in [0.15, 0.2) is 18.2 Å². The molecule has 2 nitrogen and oxygen atoms in total. The second-order valence-electron chi connectivity index (χ2n) is 5.10. The van der Waals surface area contributed by atoms with Gasteiger partial charge in [0.2, 0.25) is 0 Å². The van der Waals surface area contributed by atoms with Crippen molar-refractivity contribution in [3.05, 3.63) is 34.9 Å². The molecule has 0 atom stereocenters. The lowest BCUT2D eigenvalue weighted by Crippen LogP contribution is -2.16. The summed E-state index contributed by atoms with van der Waals surface area (Å²) in [4.78, 5) is 0. The van der Waals surface area contributed by atoms with Crippen molar-refractivity contribution in [3.8, 4) is 5.75 Å². The fourth-order valence-corrected chi connectivity index (χ4v) is 2.08. The topological polar surface area (TPSA) is 21.3 Å². The van der Waals surface area contributed by atoms with Crippen LogP contribution < -0.4 is 10.1 Å². The number of hydrogen-bond donors (Lipinski definition) is 1. The Hall–Kier alpha value is -1.28. The molecule has 2 rings (SSSR count). The highest BCUT2D eigenvalue weighted by molar-refractivity contribution is 5.57. The molecule has 0 unspecified atom stereocenters. The van der Waals surface area contributed by atoms with E-state index in [0.29, 0.717) is 0 Å². The van der Waals surface area contributed by atoms with Crippen molar-refractivity contribution < 1.29 is 4.74 Å². The lowest BCUT2D eigenvalue weighted by molar-refractivity contribution is 0.411. The molecule has 0 aromatic heterocycles. The summed E-state index contributed by atoms with van der Waals surface area (Å²) in [6.45, 7) is 5.31. The van der Waals surface area contributed by atoms with E-state index in [1.165, 1.54) is 29.5 Å². The molecule has 0 spiro atoms. The Bertz CT molecular complexity index is 433. The molecule has 1 saturated carbocycles. The van der Waals surface area contributed by atoms with E-state index < -0.39 is 0 Å². The molecule has 1 N–H and O–H groups in total. The monoisotopic (exact) mass is 245 g/mol. The van der Waals surface area contributed by atoms with Crippen LogP contribution in [0.25, 0.3) is 6.08 Å². The van der Waals surface area contributed by atoms with Gasteiger partial charge in [-0.25, -0.2) is 0 Å². The van der Waals surface area contributed by atoms with Crippen molar-refractivity contribution in [1.82, 2.24) is 5.32 Å². The standard InChI is InChI=1S/C16H23NO/c1-12-11-16(18-3)13(2)10-14(12)6-4-5-9-17-15-7-8-15/h4,6,10-11,15,17H,5,7-9H2,1-3H3/b6-4+. The molecule has 18 heavy (non-hydrogen) atoms. The van der Waals surface area contributed by atoms with Gasteiger partial charge in [-0.2, -0.15) is 0 Å². The molecule has 0 aliphatic heterocycles. The first-order chi connectivity index (χ1) is 8.70. The molecular weight excluding hydrogens is 222 g/mol. The number of aryl methyl sites for hydroxylation is 2. The quantitative estimate of drug-likeness (QED) is 0.775. The fourth-order valence-electron chi connectivity index (χ4n) is 2.08. The molecule has 0 saturated heterocycles. The van der Waals surface area contributed by atoms with Gasteiger partial charge in [-0.05, 0) is 68.5 Å². The second-order valence-corrected chi connectivity index (χ2v) is 5.10. The minimum absolute atomic E-state index is 0.809. The molecule has 0 heterocycles.